The number of carbonyl (C=O) groups is 1. The van der Waals surface area contributed by atoms with Gasteiger partial charge < -0.3 is 9.47 Å². The zero-order valence-electron chi connectivity index (χ0n) is 13.7. The molecule has 3 rings (SSSR count). The topological polar surface area (TPSA) is 38.8 Å². The van der Waals surface area contributed by atoms with Crippen molar-refractivity contribution in [1.29, 1.82) is 0 Å². The van der Waals surface area contributed by atoms with E-state index < -0.39 is 0 Å². The summed E-state index contributed by atoms with van der Waals surface area (Å²) in [6, 6.07) is 3.96. The highest BCUT2D eigenvalue weighted by atomic mass is 32.2. The van der Waals surface area contributed by atoms with Gasteiger partial charge in [-0.2, -0.15) is 0 Å². The molecule has 1 fully saturated rings. The van der Waals surface area contributed by atoms with Gasteiger partial charge in [-0.1, -0.05) is 30.1 Å². The van der Waals surface area contributed by atoms with Gasteiger partial charge in [-0.05, 0) is 32.1 Å². The average Bonchev–Trinajstić information content (AvgIpc) is 3.01. The molecule has 1 unspecified atom stereocenters. The lowest BCUT2D eigenvalue weighted by Gasteiger charge is -2.11. The van der Waals surface area contributed by atoms with E-state index in [9.17, 15) is 4.79 Å². The Morgan fingerprint density at radius 1 is 1.54 bits per heavy atom. The van der Waals surface area contributed by atoms with Crippen LogP contribution in [0.25, 0.3) is 6.08 Å². The third-order valence-corrected chi connectivity index (χ3v) is 5.18. The first kappa shape index (κ1) is 17.0. The van der Waals surface area contributed by atoms with E-state index in [4.69, 9.17) is 21.7 Å². The summed E-state index contributed by atoms with van der Waals surface area (Å²) in [5.41, 5.74) is 1.98. The van der Waals surface area contributed by atoms with Gasteiger partial charge in [0, 0.05) is 24.1 Å². The Bertz CT molecular complexity index is 742. The van der Waals surface area contributed by atoms with E-state index in [1.165, 1.54) is 11.8 Å². The van der Waals surface area contributed by atoms with Crippen LogP contribution in [0.4, 0.5) is 0 Å². The zero-order chi connectivity index (χ0) is 17.3. The molecule has 4 nitrogen and oxygen atoms in total. The van der Waals surface area contributed by atoms with Crippen molar-refractivity contribution in [3.8, 4) is 11.5 Å². The van der Waals surface area contributed by atoms with Crippen LogP contribution in [0.1, 0.15) is 25.0 Å². The maximum Gasteiger partial charge on any atom is 0.266 e. The maximum absolute atomic E-state index is 12.5. The summed E-state index contributed by atoms with van der Waals surface area (Å²) in [4.78, 5) is 14.6. The first-order valence-corrected chi connectivity index (χ1v) is 9.08. The van der Waals surface area contributed by atoms with Crippen LogP contribution in [0, 0.1) is 0 Å². The van der Waals surface area contributed by atoms with Crippen LogP contribution in [0.2, 0.25) is 0 Å². The second kappa shape index (κ2) is 6.99. The van der Waals surface area contributed by atoms with Crippen LogP contribution < -0.4 is 9.47 Å². The molecule has 0 aromatic heterocycles. The van der Waals surface area contributed by atoms with E-state index in [1.54, 1.807) is 11.0 Å². The predicted octanol–water partition coefficient (Wildman–Crippen LogP) is 3.80. The monoisotopic (exact) mass is 361 g/mol. The molecule has 0 bridgehead atoms. The van der Waals surface area contributed by atoms with Crippen LogP contribution >= 0.6 is 24.0 Å². The Morgan fingerprint density at radius 2 is 2.33 bits per heavy atom. The number of hydrogen-bond acceptors (Lipinski definition) is 5. The van der Waals surface area contributed by atoms with Gasteiger partial charge in [0.15, 0.2) is 0 Å². The fourth-order valence-electron chi connectivity index (χ4n) is 2.78. The van der Waals surface area contributed by atoms with Crippen LogP contribution in [-0.2, 0) is 11.2 Å². The fraction of sp³-hybridized carbons (Fsp3) is 0.333. The van der Waals surface area contributed by atoms with E-state index in [0.29, 0.717) is 22.4 Å². The lowest BCUT2D eigenvalue weighted by Crippen LogP contribution is -2.27. The van der Waals surface area contributed by atoms with Gasteiger partial charge in [0.2, 0.25) is 0 Å². The fourth-order valence-corrected chi connectivity index (χ4v) is 4.04. The minimum absolute atomic E-state index is 0.0952. The molecule has 2 aliphatic heterocycles. The molecular formula is C18H19NO3S2. The van der Waals surface area contributed by atoms with Crippen molar-refractivity contribution in [2.45, 2.75) is 26.4 Å². The quantitative estimate of drug-likeness (QED) is 0.453. The minimum atomic E-state index is -0.0952. The average molecular weight is 361 g/mol. The van der Waals surface area contributed by atoms with Gasteiger partial charge in [-0.15, -0.1) is 6.58 Å². The predicted molar refractivity (Wildman–Crippen MR) is 101 cm³/mol. The third kappa shape index (κ3) is 3.21. The Morgan fingerprint density at radius 3 is 3.04 bits per heavy atom. The van der Waals surface area contributed by atoms with Crippen molar-refractivity contribution in [2.24, 2.45) is 0 Å². The lowest BCUT2D eigenvalue weighted by atomic mass is 10.1. The molecule has 0 N–H and O–H groups in total. The van der Waals surface area contributed by atoms with Crippen molar-refractivity contribution in [1.82, 2.24) is 4.90 Å². The number of benzene rings is 1. The SMILES string of the molecule is C=CCN1C(=O)/C(=C/c2cc3c(cc2OCC)CC(C)O3)SC1=S. The summed E-state index contributed by atoms with van der Waals surface area (Å²) >= 11 is 6.58. The first-order valence-electron chi connectivity index (χ1n) is 7.86. The first-order chi connectivity index (χ1) is 11.5. The number of hydrogen-bond donors (Lipinski definition) is 0. The number of thiocarbonyl (C=S) groups is 1. The zero-order valence-corrected chi connectivity index (χ0v) is 15.3. The molecule has 0 saturated carbocycles. The maximum atomic E-state index is 12.5. The van der Waals surface area contributed by atoms with E-state index in [1.807, 2.05) is 32.1 Å². The van der Waals surface area contributed by atoms with E-state index in [-0.39, 0.29) is 12.0 Å². The Hall–Kier alpha value is -1.79. The molecular weight excluding hydrogens is 342 g/mol. The Kier molecular flexibility index (Phi) is 4.96. The Labute approximate surface area is 151 Å². The summed E-state index contributed by atoms with van der Waals surface area (Å²) in [7, 11) is 0. The summed E-state index contributed by atoms with van der Waals surface area (Å²) in [5, 5.41) is 0. The van der Waals surface area contributed by atoms with Gasteiger partial charge in [0.1, 0.15) is 21.9 Å². The number of amides is 1. The molecule has 1 amide bonds. The number of fused-ring (bicyclic) bond motifs is 1. The second-order valence-electron chi connectivity index (χ2n) is 5.64. The van der Waals surface area contributed by atoms with Crippen molar-refractivity contribution < 1.29 is 14.3 Å². The van der Waals surface area contributed by atoms with Crippen molar-refractivity contribution >= 4 is 40.3 Å². The largest absolute Gasteiger partial charge is 0.493 e. The normalized spacial score (nSPS) is 21.2. The van der Waals surface area contributed by atoms with Gasteiger partial charge in [-0.25, -0.2) is 0 Å². The molecule has 126 valence electrons. The van der Waals surface area contributed by atoms with Crippen molar-refractivity contribution in [3.05, 3.63) is 40.8 Å². The number of nitrogens with zero attached hydrogens (tertiary/aromatic N) is 1. The molecule has 1 aromatic carbocycles. The smallest absolute Gasteiger partial charge is 0.266 e. The van der Waals surface area contributed by atoms with E-state index in [0.717, 1.165) is 29.0 Å². The van der Waals surface area contributed by atoms with E-state index >= 15 is 0 Å². The number of ether oxygens (including phenoxy) is 2. The van der Waals surface area contributed by atoms with Crippen LogP contribution in [0.15, 0.2) is 29.7 Å². The highest BCUT2D eigenvalue weighted by molar-refractivity contribution is 8.26. The second-order valence-corrected chi connectivity index (χ2v) is 7.32. The molecule has 0 spiro atoms. The van der Waals surface area contributed by atoms with Crippen molar-refractivity contribution in [2.75, 3.05) is 13.2 Å². The van der Waals surface area contributed by atoms with Gasteiger partial charge in [0.05, 0.1) is 11.5 Å². The standard InChI is InChI=1S/C18H19NO3S2/c1-4-6-19-17(20)16(24-18(19)23)10-13-9-15-12(7-11(3)22-15)8-14(13)21-5-2/h4,8-11H,1,5-7H2,2-3H3/b16-10-. The molecule has 1 saturated heterocycles. The highest BCUT2D eigenvalue weighted by Crippen LogP contribution is 2.39. The molecule has 24 heavy (non-hydrogen) atoms. The molecule has 0 aliphatic carbocycles. The molecule has 1 aromatic rings. The van der Waals surface area contributed by atoms with Crippen LogP contribution in [-0.4, -0.2) is 34.4 Å². The van der Waals surface area contributed by atoms with Crippen LogP contribution in [0.5, 0.6) is 11.5 Å². The molecule has 1 atom stereocenters. The van der Waals surface area contributed by atoms with Gasteiger partial charge >= 0.3 is 0 Å². The van der Waals surface area contributed by atoms with E-state index in [2.05, 4.69) is 6.58 Å². The lowest BCUT2D eigenvalue weighted by molar-refractivity contribution is -0.121. The number of carbonyl (C=O) groups excluding carboxylic acids is 1. The molecule has 2 aliphatic rings. The summed E-state index contributed by atoms with van der Waals surface area (Å²) < 4.78 is 12.1. The van der Waals surface area contributed by atoms with Gasteiger partial charge in [-0.3, -0.25) is 9.69 Å². The summed E-state index contributed by atoms with van der Waals surface area (Å²) in [6.07, 6.45) is 4.54. The van der Waals surface area contributed by atoms with Gasteiger partial charge in [0.25, 0.3) is 5.91 Å². The molecule has 0 radical (unpaired) electrons. The minimum Gasteiger partial charge on any atom is -0.493 e. The van der Waals surface area contributed by atoms with Crippen molar-refractivity contribution in [3.63, 3.8) is 0 Å². The summed E-state index contributed by atoms with van der Waals surface area (Å²) in [5.74, 6) is 1.53. The molecule has 6 heteroatoms. The number of rotatable bonds is 5. The Balaban J connectivity index is 1.97. The van der Waals surface area contributed by atoms with Crippen LogP contribution in [0.3, 0.4) is 0 Å². The number of thioether (sulfide) groups is 1. The summed E-state index contributed by atoms with van der Waals surface area (Å²) in [6.45, 7) is 8.64. The molecule has 2 heterocycles. The third-order valence-electron chi connectivity index (χ3n) is 3.80. The highest BCUT2D eigenvalue weighted by Gasteiger charge is 2.31.